The van der Waals surface area contributed by atoms with Crippen molar-refractivity contribution in [2.75, 3.05) is 0 Å². The van der Waals surface area contributed by atoms with Crippen molar-refractivity contribution in [3.05, 3.63) is 0 Å². The van der Waals surface area contributed by atoms with Crippen molar-refractivity contribution >= 4 is 11.8 Å². The zero-order chi connectivity index (χ0) is 12.2. The second-order valence-corrected chi connectivity index (χ2v) is 3.35. The molecular weight excluding hydrogens is 202 g/mol. The molecule has 0 aromatic rings. The lowest BCUT2D eigenvalue weighted by Gasteiger charge is -2.23. The van der Waals surface area contributed by atoms with Crippen molar-refractivity contribution < 1.29 is 24.9 Å². The number of nitriles is 1. The summed E-state index contributed by atoms with van der Waals surface area (Å²) in [6.07, 6.45) is -3.04. The number of carboxylic acids is 1. The maximum atomic E-state index is 10.8. The van der Waals surface area contributed by atoms with E-state index in [9.17, 15) is 19.8 Å². The molecule has 15 heavy (non-hydrogen) atoms. The monoisotopic (exact) mass is 215 g/mol. The van der Waals surface area contributed by atoms with E-state index in [1.807, 2.05) is 0 Å². The van der Waals surface area contributed by atoms with E-state index < -0.39 is 35.8 Å². The lowest BCUT2D eigenvalue weighted by molar-refractivity contribution is -0.147. The van der Waals surface area contributed by atoms with Crippen molar-refractivity contribution in [2.24, 2.45) is 11.8 Å². The van der Waals surface area contributed by atoms with Gasteiger partial charge in [-0.1, -0.05) is 6.92 Å². The van der Waals surface area contributed by atoms with E-state index in [0.29, 0.717) is 0 Å². The van der Waals surface area contributed by atoms with Gasteiger partial charge in [-0.15, -0.1) is 0 Å². The Kier molecular flexibility index (Phi) is 4.91. The van der Waals surface area contributed by atoms with Gasteiger partial charge in [0.15, 0.2) is 11.7 Å². The average Bonchev–Trinajstić information content (AvgIpc) is 2.15. The number of carbonyl (C=O) groups is 2. The zero-order valence-electron chi connectivity index (χ0n) is 8.41. The molecule has 6 nitrogen and oxygen atoms in total. The van der Waals surface area contributed by atoms with Crippen LogP contribution in [0.5, 0.6) is 0 Å². The van der Waals surface area contributed by atoms with Gasteiger partial charge < -0.3 is 15.3 Å². The van der Waals surface area contributed by atoms with E-state index in [-0.39, 0.29) is 0 Å². The van der Waals surface area contributed by atoms with Crippen LogP contribution in [0, 0.1) is 23.2 Å². The summed E-state index contributed by atoms with van der Waals surface area (Å²) in [5.74, 6) is -4.70. The Bertz CT molecular complexity index is 295. The van der Waals surface area contributed by atoms with E-state index in [0.717, 1.165) is 6.92 Å². The topological polar surface area (TPSA) is 119 Å². The molecule has 0 amide bonds. The standard InChI is InChI=1S/C9H13NO5/c1-4(7(12)5(2)11)8(13)6(3-10)9(14)15/h4,6-8,12-13H,1-2H3,(H,14,15). The summed E-state index contributed by atoms with van der Waals surface area (Å²) in [6.45, 7) is 2.43. The minimum absolute atomic E-state index is 0.580. The molecule has 0 spiro atoms. The fourth-order valence-corrected chi connectivity index (χ4v) is 1.14. The molecule has 0 aromatic heterocycles. The van der Waals surface area contributed by atoms with Crippen molar-refractivity contribution in [3.63, 3.8) is 0 Å². The van der Waals surface area contributed by atoms with Crippen LogP contribution >= 0.6 is 0 Å². The number of Topliss-reactive ketones (excluding diaryl/α,β-unsaturated/α-hetero) is 1. The molecule has 0 aromatic carbocycles. The third kappa shape index (κ3) is 3.31. The highest BCUT2D eigenvalue weighted by Crippen LogP contribution is 2.17. The summed E-state index contributed by atoms with van der Waals surface area (Å²) >= 11 is 0. The lowest BCUT2D eigenvalue weighted by Crippen LogP contribution is -2.40. The van der Waals surface area contributed by atoms with Crippen molar-refractivity contribution in [1.29, 1.82) is 5.26 Å². The molecule has 0 aliphatic carbocycles. The van der Waals surface area contributed by atoms with Crippen molar-refractivity contribution in [1.82, 2.24) is 0 Å². The number of hydrogen-bond acceptors (Lipinski definition) is 5. The number of aliphatic hydroxyl groups is 2. The van der Waals surface area contributed by atoms with Gasteiger partial charge in [-0.2, -0.15) is 5.26 Å². The van der Waals surface area contributed by atoms with Gasteiger partial charge >= 0.3 is 5.97 Å². The molecule has 84 valence electrons. The predicted octanol–water partition coefficient (Wildman–Crippen LogP) is -0.842. The molecule has 0 saturated heterocycles. The van der Waals surface area contributed by atoms with Crippen LogP contribution in [0.4, 0.5) is 0 Å². The first-order chi connectivity index (χ1) is 6.82. The number of aliphatic hydroxyl groups excluding tert-OH is 2. The van der Waals surface area contributed by atoms with Gasteiger partial charge in [0.05, 0.1) is 12.2 Å². The first kappa shape index (κ1) is 13.5. The normalized spacial score (nSPS) is 18.3. The molecule has 0 bridgehead atoms. The van der Waals surface area contributed by atoms with Gasteiger partial charge in [-0.25, -0.2) is 0 Å². The summed E-state index contributed by atoms with van der Waals surface area (Å²) in [7, 11) is 0. The second kappa shape index (κ2) is 5.44. The van der Waals surface area contributed by atoms with Gasteiger partial charge in [0.25, 0.3) is 0 Å². The van der Waals surface area contributed by atoms with Crippen LogP contribution in [0.25, 0.3) is 0 Å². The third-order valence-corrected chi connectivity index (χ3v) is 2.20. The van der Waals surface area contributed by atoms with E-state index in [4.69, 9.17) is 10.4 Å². The zero-order valence-corrected chi connectivity index (χ0v) is 8.41. The highest BCUT2D eigenvalue weighted by atomic mass is 16.4. The van der Waals surface area contributed by atoms with Gasteiger partial charge in [-0.05, 0) is 6.92 Å². The van der Waals surface area contributed by atoms with E-state index >= 15 is 0 Å². The molecule has 0 rings (SSSR count). The molecule has 0 heterocycles. The Labute approximate surface area is 86.8 Å². The highest BCUT2D eigenvalue weighted by Gasteiger charge is 2.35. The summed E-state index contributed by atoms with van der Waals surface area (Å²) in [5.41, 5.74) is 0. The minimum Gasteiger partial charge on any atom is -0.480 e. The van der Waals surface area contributed by atoms with E-state index in [1.54, 1.807) is 0 Å². The molecule has 0 radical (unpaired) electrons. The number of aliphatic carboxylic acids is 1. The van der Waals surface area contributed by atoms with Crippen LogP contribution < -0.4 is 0 Å². The SMILES string of the molecule is CC(=O)C(O)C(C)C(O)C(C#N)C(=O)O. The van der Waals surface area contributed by atoms with E-state index in [2.05, 4.69) is 0 Å². The minimum atomic E-state index is -1.64. The van der Waals surface area contributed by atoms with Gasteiger partial charge in [0.2, 0.25) is 0 Å². The number of nitrogens with zero attached hydrogens (tertiary/aromatic N) is 1. The van der Waals surface area contributed by atoms with Crippen LogP contribution in [0.15, 0.2) is 0 Å². The summed E-state index contributed by atoms with van der Waals surface area (Å²) < 4.78 is 0. The molecule has 0 aliphatic heterocycles. The average molecular weight is 215 g/mol. The van der Waals surface area contributed by atoms with Crippen LogP contribution in [0.1, 0.15) is 13.8 Å². The van der Waals surface area contributed by atoms with Crippen LogP contribution in [0.2, 0.25) is 0 Å². The third-order valence-electron chi connectivity index (χ3n) is 2.20. The molecule has 4 atom stereocenters. The maximum Gasteiger partial charge on any atom is 0.323 e. The van der Waals surface area contributed by atoms with E-state index in [1.165, 1.54) is 13.0 Å². The number of carboxylic acid groups (broad SMARTS) is 1. The first-order valence-electron chi connectivity index (χ1n) is 4.32. The van der Waals surface area contributed by atoms with Crippen molar-refractivity contribution in [3.8, 4) is 6.07 Å². The molecule has 6 heteroatoms. The maximum absolute atomic E-state index is 10.8. The van der Waals surface area contributed by atoms with Gasteiger partial charge in [-0.3, -0.25) is 9.59 Å². The fraction of sp³-hybridized carbons (Fsp3) is 0.667. The molecule has 0 aliphatic rings. The van der Waals surface area contributed by atoms with Gasteiger partial charge in [0, 0.05) is 5.92 Å². The largest absolute Gasteiger partial charge is 0.480 e. The molecule has 0 saturated carbocycles. The Morgan fingerprint density at radius 1 is 1.33 bits per heavy atom. The number of ketones is 1. The van der Waals surface area contributed by atoms with Crippen molar-refractivity contribution in [2.45, 2.75) is 26.1 Å². The molecular formula is C9H13NO5. The number of rotatable bonds is 5. The Morgan fingerprint density at radius 3 is 2.07 bits per heavy atom. The van der Waals surface area contributed by atoms with Crippen LogP contribution in [0.3, 0.4) is 0 Å². The van der Waals surface area contributed by atoms with Gasteiger partial charge in [0.1, 0.15) is 6.10 Å². The smallest absolute Gasteiger partial charge is 0.323 e. The Hall–Kier alpha value is -1.45. The fourth-order valence-electron chi connectivity index (χ4n) is 1.14. The highest BCUT2D eigenvalue weighted by molar-refractivity contribution is 5.80. The Balaban J connectivity index is 4.70. The lowest BCUT2D eigenvalue weighted by atomic mass is 9.88. The number of hydrogen-bond donors (Lipinski definition) is 3. The predicted molar refractivity (Wildman–Crippen MR) is 48.6 cm³/mol. The Morgan fingerprint density at radius 2 is 1.80 bits per heavy atom. The number of carbonyl (C=O) groups excluding carboxylic acids is 1. The molecule has 0 fully saturated rings. The molecule has 4 unspecified atom stereocenters. The van der Waals surface area contributed by atoms with Crippen LogP contribution in [-0.2, 0) is 9.59 Å². The quantitative estimate of drug-likeness (QED) is 0.550. The summed E-state index contributed by atoms with van der Waals surface area (Å²) in [6, 6.07) is 1.40. The second-order valence-electron chi connectivity index (χ2n) is 3.35. The summed E-state index contributed by atoms with van der Waals surface area (Å²) in [4.78, 5) is 21.3. The molecule has 3 N–H and O–H groups in total. The summed E-state index contributed by atoms with van der Waals surface area (Å²) in [5, 5.41) is 35.8. The first-order valence-corrected chi connectivity index (χ1v) is 4.32. The van der Waals surface area contributed by atoms with Crippen LogP contribution in [-0.4, -0.2) is 39.3 Å².